The van der Waals surface area contributed by atoms with Gasteiger partial charge in [-0.25, -0.2) is 0 Å². The van der Waals surface area contributed by atoms with Crippen molar-refractivity contribution in [3.63, 3.8) is 0 Å². The van der Waals surface area contributed by atoms with E-state index in [4.69, 9.17) is 26.8 Å². The highest BCUT2D eigenvalue weighted by molar-refractivity contribution is 6.30. The van der Waals surface area contributed by atoms with Crippen LogP contribution in [0.4, 0.5) is 11.4 Å². The number of amides is 2. The lowest BCUT2D eigenvalue weighted by atomic mass is 10.2. The standard InChI is InChI=1S/C18H20ClN3O4/c1-11(18(24)22-13-5-3-12(19)4-6-13)21-14-7-8-15(25-2)16(9-14)26-10-17(20)23/h3-9,11,21H,10H2,1-2H3,(H2,20,23)(H,22,24). The van der Waals surface area contributed by atoms with E-state index >= 15 is 0 Å². The summed E-state index contributed by atoms with van der Waals surface area (Å²) < 4.78 is 10.5. The Labute approximate surface area is 156 Å². The molecule has 0 fully saturated rings. The van der Waals surface area contributed by atoms with E-state index in [0.717, 1.165) is 0 Å². The van der Waals surface area contributed by atoms with Gasteiger partial charge in [0.05, 0.1) is 7.11 Å². The lowest BCUT2D eigenvalue weighted by molar-refractivity contribution is -0.120. The first-order valence-corrected chi connectivity index (χ1v) is 8.19. The summed E-state index contributed by atoms with van der Waals surface area (Å²) in [5, 5.41) is 6.45. The molecule has 138 valence electrons. The minimum absolute atomic E-state index is 0.220. The Hall–Kier alpha value is -2.93. The zero-order chi connectivity index (χ0) is 19.1. The van der Waals surface area contributed by atoms with Gasteiger partial charge in [0.1, 0.15) is 6.04 Å². The van der Waals surface area contributed by atoms with E-state index in [1.54, 1.807) is 49.4 Å². The first-order chi connectivity index (χ1) is 12.4. The van der Waals surface area contributed by atoms with Crippen LogP contribution in [0.15, 0.2) is 42.5 Å². The fourth-order valence-corrected chi connectivity index (χ4v) is 2.25. The van der Waals surface area contributed by atoms with E-state index in [1.165, 1.54) is 7.11 Å². The van der Waals surface area contributed by atoms with E-state index in [1.807, 2.05) is 0 Å². The molecule has 0 bridgehead atoms. The highest BCUT2D eigenvalue weighted by Crippen LogP contribution is 2.30. The number of ether oxygens (including phenoxy) is 2. The molecule has 0 aliphatic carbocycles. The van der Waals surface area contributed by atoms with Gasteiger partial charge in [0.15, 0.2) is 18.1 Å². The molecule has 1 atom stereocenters. The smallest absolute Gasteiger partial charge is 0.255 e. The summed E-state index contributed by atoms with van der Waals surface area (Å²) in [5.74, 6) is -0.0134. The molecule has 2 amide bonds. The van der Waals surface area contributed by atoms with Crippen molar-refractivity contribution < 1.29 is 19.1 Å². The van der Waals surface area contributed by atoms with Gasteiger partial charge in [-0.15, -0.1) is 0 Å². The van der Waals surface area contributed by atoms with Crippen molar-refractivity contribution in [3.05, 3.63) is 47.5 Å². The van der Waals surface area contributed by atoms with Crippen LogP contribution in [0, 0.1) is 0 Å². The fourth-order valence-electron chi connectivity index (χ4n) is 2.13. The Bertz CT molecular complexity index is 781. The van der Waals surface area contributed by atoms with Gasteiger partial charge in [-0.1, -0.05) is 11.6 Å². The van der Waals surface area contributed by atoms with Crippen LogP contribution in [-0.4, -0.2) is 31.6 Å². The van der Waals surface area contributed by atoms with Gasteiger partial charge in [0.25, 0.3) is 5.91 Å². The second kappa shape index (κ2) is 8.96. The van der Waals surface area contributed by atoms with Gasteiger partial charge in [-0.05, 0) is 43.3 Å². The van der Waals surface area contributed by atoms with Gasteiger partial charge < -0.3 is 25.8 Å². The van der Waals surface area contributed by atoms with Crippen molar-refractivity contribution in [1.29, 1.82) is 0 Å². The number of benzene rings is 2. The molecule has 0 aliphatic heterocycles. The van der Waals surface area contributed by atoms with Crippen molar-refractivity contribution >= 4 is 34.8 Å². The Balaban J connectivity index is 2.03. The largest absolute Gasteiger partial charge is 0.493 e. The van der Waals surface area contributed by atoms with Gasteiger partial charge in [0.2, 0.25) is 5.91 Å². The van der Waals surface area contributed by atoms with Crippen LogP contribution < -0.4 is 25.8 Å². The minimum Gasteiger partial charge on any atom is -0.493 e. The van der Waals surface area contributed by atoms with E-state index in [9.17, 15) is 9.59 Å². The SMILES string of the molecule is COc1ccc(NC(C)C(=O)Nc2ccc(Cl)cc2)cc1OCC(N)=O. The number of carbonyl (C=O) groups excluding carboxylic acids is 2. The van der Waals surface area contributed by atoms with Crippen LogP contribution in [0.2, 0.25) is 5.02 Å². The molecule has 0 saturated carbocycles. The van der Waals surface area contributed by atoms with E-state index < -0.39 is 11.9 Å². The van der Waals surface area contributed by atoms with Gasteiger partial charge in [-0.2, -0.15) is 0 Å². The number of rotatable bonds is 8. The van der Waals surface area contributed by atoms with Crippen LogP contribution in [0.3, 0.4) is 0 Å². The highest BCUT2D eigenvalue weighted by Gasteiger charge is 2.14. The van der Waals surface area contributed by atoms with Crippen molar-refractivity contribution in [2.75, 3.05) is 24.4 Å². The number of hydrogen-bond donors (Lipinski definition) is 3. The summed E-state index contributed by atoms with van der Waals surface area (Å²) in [6.45, 7) is 1.45. The molecule has 7 nitrogen and oxygen atoms in total. The zero-order valence-electron chi connectivity index (χ0n) is 14.4. The van der Waals surface area contributed by atoms with Crippen LogP contribution in [-0.2, 0) is 9.59 Å². The summed E-state index contributed by atoms with van der Waals surface area (Å²) in [6, 6.07) is 11.3. The predicted molar refractivity (Wildman–Crippen MR) is 101 cm³/mol. The molecule has 2 rings (SSSR count). The molecule has 0 aromatic heterocycles. The van der Waals surface area contributed by atoms with Crippen molar-refractivity contribution in [1.82, 2.24) is 0 Å². The van der Waals surface area contributed by atoms with Crippen LogP contribution in [0.5, 0.6) is 11.5 Å². The number of carbonyl (C=O) groups is 2. The second-order valence-electron chi connectivity index (χ2n) is 5.48. The molecule has 0 saturated heterocycles. The Kier molecular flexibility index (Phi) is 6.68. The van der Waals surface area contributed by atoms with E-state index in [2.05, 4.69) is 10.6 Å². The summed E-state index contributed by atoms with van der Waals surface area (Å²) >= 11 is 5.83. The molecule has 0 heterocycles. The Morgan fingerprint density at radius 1 is 1.12 bits per heavy atom. The number of nitrogens with one attached hydrogen (secondary N) is 2. The van der Waals surface area contributed by atoms with Crippen LogP contribution >= 0.6 is 11.6 Å². The van der Waals surface area contributed by atoms with Crippen LogP contribution in [0.25, 0.3) is 0 Å². The van der Waals surface area contributed by atoms with Crippen molar-refractivity contribution in [2.24, 2.45) is 5.73 Å². The van der Waals surface area contributed by atoms with Crippen molar-refractivity contribution in [2.45, 2.75) is 13.0 Å². The number of hydrogen-bond acceptors (Lipinski definition) is 5. The summed E-state index contributed by atoms with van der Waals surface area (Å²) in [6.07, 6.45) is 0. The zero-order valence-corrected chi connectivity index (χ0v) is 15.2. The van der Waals surface area contributed by atoms with Gasteiger partial charge >= 0.3 is 0 Å². The molecule has 8 heteroatoms. The molecule has 0 radical (unpaired) electrons. The van der Waals surface area contributed by atoms with E-state index in [-0.39, 0.29) is 12.5 Å². The van der Waals surface area contributed by atoms with Crippen molar-refractivity contribution in [3.8, 4) is 11.5 Å². The minimum atomic E-state index is -0.596. The molecular weight excluding hydrogens is 358 g/mol. The third-order valence-electron chi connectivity index (χ3n) is 3.42. The number of halogens is 1. The highest BCUT2D eigenvalue weighted by atomic mass is 35.5. The molecule has 1 unspecified atom stereocenters. The maximum Gasteiger partial charge on any atom is 0.255 e. The molecule has 4 N–H and O–H groups in total. The summed E-state index contributed by atoms with van der Waals surface area (Å²) in [5.41, 5.74) is 6.37. The fraction of sp³-hybridized carbons (Fsp3) is 0.222. The molecule has 0 aliphatic rings. The van der Waals surface area contributed by atoms with Gasteiger partial charge in [-0.3, -0.25) is 9.59 Å². The molecular formula is C18H20ClN3O4. The Morgan fingerprint density at radius 3 is 2.38 bits per heavy atom. The predicted octanol–water partition coefficient (Wildman–Crippen LogP) is 2.65. The third kappa shape index (κ3) is 5.56. The first kappa shape index (κ1) is 19.4. The van der Waals surface area contributed by atoms with E-state index in [0.29, 0.717) is 27.9 Å². The normalized spacial score (nSPS) is 11.3. The molecule has 2 aromatic carbocycles. The average molecular weight is 378 g/mol. The maximum atomic E-state index is 12.3. The first-order valence-electron chi connectivity index (χ1n) is 7.81. The quantitative estimate of drug-likeness (QED) is 0.656. The monoisotopic (exact) mass is 377 g/mol. The topological polar surface area (TPSA) is 103 Å². The maximum absolute atomic E-state index is 12.3. The average Bonchev–Trinajstić information content (AvgIpc) is 2.62. The molecule has 2 aromatic rings. The lowest BCUT2D eigenvalue weighted by Crippen LogP contribution is -2.31. The number of primary amides is 1. The number of nitrogens with two attached hydrogens (primary N) is 1. The summed E-state index contributed by atoms with van der Waals surface area (Å²) in [7, 11) is 1.49. The number of anilines is 2. The molecule has 0 spiro atoms. The van der Waals surface area contributed by atoms with Gasteiger partial charge in [0, 0.05) is 22.5 Å². The Morgan fingerprint density at radius 2 is 1.77 bits per heavy atom. The summed E-state index contributed by atoms with van der Waals surface area (Å²) in [4.78, 5) is 23.2. The lowest BCUT2D eigenvalue weighted by Gasteiger charge is -2.17. The van der Waals surface area contributed by atoms with Crippen LogP contribution in [0.1, 0.15) is 6.92 Å². The third-order valence-corrected chi connectivity index (χ3v) is 3.67. The molecule has 26 heavy (non-hydrogen) atoms. The second-order valence-corrected chi connectivity index (χ2v) is 5.92. The number of methoxy groups -OCH3 is 1.